The van der Waals surface area contributed by atoms with E-state index in [2.05, 4.69) is 6.92 Å². The number of carbonyl (C=O) groups is 1. The third kappa shape index (κ3) is 19.7. The summed E-state index contributed by atoms with van der Waals surface area (Å²) in [5.41, 5.74) is 0. The monoisotopic (exact) mass is 346 g/mol. The predicted octanol–water partition coefficient (Wildman–Crippen LogP) is 7.03. The molecule has 0 radical (unpaired) electrons. The number of esters is 1. The normalized spacial score (nSPS) is 12.3. The molecule has 3 heteroatoms. The Morgan fingerprint density at radius 2 is 1.22 bits per heavy atom. The van der Waals surface area contributed by atoms with Crippen LogP contribution in [0, 0.1) is 0 Å². The van der Waals surface area contributed by atoms with Crippen LogP contribution in [0.3, 0.4) is 0 Å². The van der Waals surface area contributed by atoms with Crippen LogP contribution in [0.4, 0.5) is 0 Å². The fourth-order valence-corrected chi connectivity index (χ4v) is 3.17. The van der Waals surface area contributed by atoms with Crippen molar-refractivity contribution < 1.29 is 9.53 Å². The summed E-state index contributed by atoms with van der Waals surface area (Å²) in [7, 11) is 0. The van der Waals surface area contributed by atoms with Crippen LogP contribution in [-0.4, -0.2) is 18.0 Å². The minimum absolute atomic E-state index is 0.161. The van der Waals surface area contributed by atoms with Gasteiger partial charge in [-0.2, -0.15) is 0 Å². The quantitative estimate of drug-likeness (QED) is 0.160. The van der Waals surface area contributed by atoms with Gasteiger partial charge in [0.1, 0.15) is 0 Å². The SMILES string of the molecule is CCCCCC(Cl)CCCCCCCCCCCCOC(C)=O. The average Bonchev–Trinajstić information content (AvgIpc) is 2.51. The molecule has 1 unspecified atom stereocenters. The first-order valence-electron chi connectivity index (χ1n) is 9.94. The van der Waals surface area contributed by atoms with Gasteiger partial charge in [0.25, 0.3) is 0 Å². The second kappa shape index (κ2) is 18.1. The van der Waals surface area contributed by atoms with E-state index in [0.717, 1.165) is 6.42 Å². The van der Waals surface area contributed by atoms with Crippen molar-refractivity contribution >= 4 is 17.6 Å². The molecule has 0 saturated carbocycles. The second-order valence-corrected chi connectivity index (χ2v) is 7.37. The van der Waals surface area contributed by atoms with Crippen LogP contribution in [0.2, 0.25) is 0 Å². The molecule has 2 nitrogen and oxygen atoms in total. The van der Waals surface area contributed by atoms with Crippen LogP contribution in [-0.2, 0) is 9.53 Å². The van der Waals surface area contributed by atoms with E-state index in [1.807, 2.05) is 0 Å². The van der Waals surface area contributed by atoms with Gasteiger partial charge in [0.05, 0.1) is 6.61 Å². The van der Waals surface area contributed by atoms with Crippen molar-refractivity contribution in [1.82, 2.24) is 0 Å². The van der Waals surface area contributed by atoms with Gasteiger partial charge in [-0.25, -0.2) is 0 Å². The molecule has 0 aliphatic heterocycles. The lowest BCUT2D eigenvalue weighted by molar-refractivity contribution is -0.141. The van der Waals surface area contributed by atoms with Crippen LogP contribution < -0.4 is 0 Å². The average molecular weight is 347 g/mol. The highest BCUT2D eigenvalue weighted by molar-refractivity contribution is 6.20. The Bertz CT molecular complexity index is 256. The molecule has 0 amide bonds. The minimum atomic E-state index is -0.161. The van der Waals surface area contributed by atoms with Gasteiger partial charge in [-0.3, -0.25) is 4.79 Å². The predicted molar refractivity (Wildman–Crippen MR) is 101 cm³/mol. The Labute approximate surface area is 149 Å². The molecule has 0 rings (SSSR count). The standard InChI is InChI=1S/C20H39ClO2/c1-3-4-13-16-20(21)17-14-11-9-7-5-6-8-10-12-15-18-23-19(2)22/h20H,3-18H2,1-2H3. The number of unbranched alkanes of at least 4 members (excludes halogenated alkanes) is 11. The van der Waals surface area contributed by atoms with E-state index in [1.54, 1.807) is 0 Å². The number of carbonyl (C=O) groups excluding carboxylic acids is 1. The summed E-state index contributed by atoms with van der Waals surface area (Å²) in [5.74, 6) is -0.161. The zero-order valence-electron chi connectivity index (χ0n) is 15.6. The maximum absolute atomic E-state index is 10.6. The largest absolute Gasteiger partial charge is 0.466 e. The number of rotatable bonds is 17. The van der Waals surface area contributed by atoms with Crippen LogP contribution >= 0.6 is 11.6 Å². The first-order chi connectivity index (χ1) is 11.2. The van der Waals surface area contributed by atoms with E-state index in [1.165, 1.54) is 96.8 Å². The molecule has 0 aromatic heterocycles. The van der Waals surface area contributed by atoms with Crippen molar-refractivity contribution in [2.75, 3.05) is 6.61 Å². The fraction of sp³-hybridized carbons (Fsp3) is 0.950. The van der Waals surface area contributed by atoms with E-state index in [-0.39, 0.29) is 5.97 Å². The van der Waals surface area contributed by atoms with E-state index < -0.39 is 0 Å². The number of ether oxygens (including phenoxy) is 1. The third-order valence-corrected chi connectivity index (χ3v) is 4.77. The van der Waals surface area contributed by atoms with Gasteiger partial charge >= 0.3 is 5.97 Å². The molecule has 0 heterocycles. The zero-order chi connectivity index (χ0) is 17.2. The van der Waals surface area contributed by atoms with Gasteiger partial charge in [0.2, 0.25) is 0 Å². The van der Waals surface area contributed by atoms with Crippen LogP contribution in [0.15, 0.2) is 0 Å². The lowest BCUT2D eigenvalue weighted by Gasteiger charge is -2.08. The fourth-order valence-electron chi connectivity index (χ4n) is 2.86. The van der Waals surface area contributed by atoms with Crippen LogP contribution in [0.25, 0.3) is 0 Å². The van der Waals surface area contributed by atoms with E-state index >= 15 is 0 Å². The molecule has 0 N–H and O–H groups in total. The Morgan fingerprint density at radius 1 is 0.783 bits per heavy atom. The zero-order valence-corrected chi connectivity index (χ0v) is 16.3. The van der Waals surface area contributed by atoms with Gasteiger partial charge in [-0.15, -0.1) is 11.6 Å². The number of hydrogen-bond acceptors (Lipinski definition) is 2. The van der Waals surface area contributed by atoms with Crippen molar-refractivity contribution in [3.8, 4) is 0 Å². The Kier molecular flexibility index (Phi) is 17.9. The van der Waals surface area contributed by atoms with Crippen LogP contribution in [0.5, 0.6) is 0 Å². The second-order valence-electron chi connectivity index (χ2n) is 6.76. The molecule has 0 aliphatic rings. The summed E-state index contributed by atoms with van der Waals surface area (Å²) >= 11 is 6.34. The van der Waals surface area contributed by atoms with Crippen molar-refractivity contribution in [2.24, 2.45) is 0 Å². The highest BCUT2D eigenvalue weighted by atomic mass is 35.5. The Balaban J connectivity index is 3.09. The highest BCUT2D eigenvalue weighted by Crippen LogP contribution is 2.17. The maximum Gasteiger partial charge on any atom is 0.302 e. The van der Waals surface area contributed by atoms with Crippen molar-refractivity contribution in [1.29, 1.82) is 0 Å². The molecule has 0 bridgehead atoms. The number of hydrogen-bond donors (Lipinski definition) is 0. The maximum atomic E-state index is 10.6. The Morgan fingerprint density at radius 3 is 1.70 bits per heavy atom. The third-order valence-electron chi connectivity index (χ3n) is 4.34. The lowest BCUT2D eigenvalue weighted by atomic mass is 10.0. The molecule has 138 valence electrons. The van der Waals surface area contributed by atoms with E-state index in [9.17, 15) is 4.79 Å². The molecule has 0 aromatic carbocycles. The summed E-state index contributed by atoms with van der Waals surface area (Å²) in [6, 6.07) is 0. The Hall–Kier alpha value is -0.240. The topological polar surface area (TPSA) is 26.3 Å². The van der Waals surface area contributed by atoms with Gasteiger partial charge < -0.3 is 4.74 Å². The summed E-state index contributed by atoms with van der Waals surface area (Å²) in [6.45, 7) is 4.31. The molecule has 0 aliphatic carbocycles. The summed E-state index contributed by atoms with van der Waals surface area (Å²) in [6.07, 6.45) is 19.2. The molecular formula is C20H39ClO2. The molecule has 0 fully saturated rings. The van der Waals surface area contributed by atoms with Crippen molar-refractivity contribution in [3.63, 3.8) is 0 Å². The van der Waals surface area contributed by atoms with Crippen molar-refractivity contribution in [2.45, 2.75) is 116 Å². The smallest absolute Gasteiger partial charge is 0.302 e. The summed E-state index contributed by atoms with van der Waals surface area (Å²) < 4.78 is 4.92. The van der Waals surface area contributed by atoms with Gasteiger partial charge in [0.15, 0.2) is 0 Å². The number of halogens is 1. The first kappa shape index (κ1) is 22.8. The summed E-state index contributed by atoms with van der Waals surface area (Å²) in [4.78, 5) is 10.6. The molecule has 23 heavy (non-hydrogen) atoms. The molecule has 0 aromatic rings. The van der Waals surface area contributed by atoms with Gasteiger partial charge in [-0.05, 0) is 19.3 Å². The van der Waals surface area contributed by atoms with Gasteiger partial charge in [0, 0.05) is 12.3 Å². The summed E-state index contributed by atoms with van der Waals surface area (Å²) in [5, 5.41) is 0.411. The van der Waals surface area contributed by atoms with E-state index in [0.29, 0.717) is 12.0 Å². The van der Waals surface area contributed by atoms with E-state index in [4.69, 9.17) is 16.3 Å². The van der Waals surface area contributed by atoms with Crippen LogP contribution in [0.1, 0.15) is 110 Å². The number of alkyl halides is 1. The lowest BCUT2D eigenvalue weighted by Crippen LogP contribution is -2.00. The molecule has 0 spiro atoms. The first-order valence-corrected chi connectivity index (χ1v) is 10.4. The molecule has 1 atom stereocenters. The minimum Gasteiger partial charge on any atom is -0.466 e. The van der Waals surface area contributed by atoms with Gasteiger partial charge in [-0.1, -0.05) is 84.0 Å². The van der Waals surface area contributed by atoms with Crippen molar-refractivity contribution in [3.05, 3.63) is 0 Å². The molecule has 0 saturated heterocycles. The molecular weight excluding hydrogens is 308 g/mol. The highest BCUT2D eigenvalue weighted by Gasteiger charge is 2.03.